The lowest BCUT2D eigenvalue weighted by atomic mass is 10.1. The van der Waals surface area contributed by atoms with Gasteiger partial charge in [0.25, 0.3) is 5.56 Å². The van der Waals surface area contributed by atoms with E-state index in [4.69, 9.17) is 0 Å². The van der Waals surface area contributed by atoms with Gasteiger partial charge in [0.2, 0.25) is 5.91 Å². The molecule has 0 aliphatic rings. The number of rotatable bonds is 4. The van der Waals surface area contributed by atoms with Gasteiger partial charge >= 0.3 is 0 Å². The van der Waals surface area contributed by atoms with Gasteiger partial charge in [-0.1, -0.05) is 18.2 Å². The number of aromatic amines is 1. The molecule has 0 spiro atoms. The number of nitrogens with zero attached hydrogens (tertiary/aromatic N) is 1. The van der Waals surface area contributed by atoms with Gasteiger partial charge in [-0.15, -0.1) is 0 Å². The lowest BCUT2D eigenvalue weighted by Gasteiger charge is -2.05. The van der Waals surface area contributed by atoms with Crippen molar-refractivity contribution in [3.8, 4) is 0 Å². The van der Waals surface area contributed by atoms with Gasteiger partial charge in [-0.05, 0) is 30.3 Å². The first-order valence-corrected chi connectivity index (χ1v) is 9.14. The maximum atomic E-state index is 12.2. The van der Waals surface area contributed by atoms with Crippen LogP contribution < -0.4 is 10.9 Å². The molecule has 7 nitrogen and oxygen atoms in total. The van der Waals surface area contributed by atoms with Crippen LogP contribution in [0.5, 0.6) is 0 Å². The van der Waals surface area contributed by atoms with Gasteiger partial charge in [-0.2, -0.15) is 5.10 Å². The van der Waals surface area contributed by atoms with Gasteiger partial charge < -0.3 is 5.32 Å². The number of hydrogen-bond donors (Lipinski definition) is 2. The number of carbonyl (C=O) groups excluding carboxylic acids is 1. The van der Waals surface area contributed by atoms with E-state index in [1.54, 1.807) is 24.3 Å². The van der Waals surface area contributed by atoms with Gasteiger partial charge in [-0.25, -0.2) is 13.5 Å². The van der Waals surface area contributed by atoms with Crippen molar-refractivity contribution in [3.63, 3.8) is 0 Å². The number of amides is 1. The number of H-pyrrole nitrogens is 1. The maximum absolute atomic E-state index is 12.2. The molecule has 3 rings (SSSR count). The van der Waals surface area contributed by atoms with E-state index in [9.17, 15) is 18.0 Å². The Labute approximate surface area is 143 Å². The average molecular weight is 355 g/mol. The van der Waals surface area contributed by atoms with E-state index in [1.807, 2.05) is 0 Å². The highest BCUT2D eigenvalue weighted by molar-refractivity contribution is 7.90. The molecule has 2 N–H and O–H groups in total. The molecule has 25 heavy (non-hydrogen) atoms. The third-order valence-electron chi connectivity index (χ3n) is 3.50. The lowest BCUT2D eigenvalue weighted by Crippen LogP contribution is -2.18. The largest absolute Gasteiger partial charge is 0.319 e. The summed E-state index contributed by atoms with van der Waals surface area (Å²) in [7, 11) is -3.37. The minimum Gasteiger partial charge on any atom is -0.319 e. The van der Waals surface area contributed by atoms with Gasteiger partial charge in [0.1, 0.15) is 4.90 Å². The van der Waals surface area contributed by atoms with Crippen molar-refractivity contribution in [3.05, 3.63) is 64.6 Å². The summed E-state index contributed by atoms with van der Waals surface area (Å²) in [5.41, 5.74) is 0.412. The molecule has 0 aliphatic carbocycles. The Hall–Kier alpha value is -3.18. The third-order valence-corrected chi connectivity index (χ3v) is 4.54. The van der Waals surface area contributed by atoms with Crippen LogP contribution in [0.4, 0.5) is 5.69 Å². The smallest absolute Gasteiger partial charge is 0.272 e. The molecule has 2 aromatic carbocycles. The molecule has 0 fully saturated rings. The standard InChI is InChI=1S/C17H13N3O4S/c1-25(23,24)12-8-6-11(7-9-12)18-16(21)10-15-13-4-2-3-5-14(13)17(22)20-19-15/h2-6,8H,10H2,1H3,(H,18,21)(H,20,22). The van der Waals surface area contributed by atoms with Crippen LogP contribution in [0.2, 0.25) is 0 Å². The van der Waals surface area contributed by atoms with Crippen LogP contribution in [0.1, 0.15) is 5.69 Å². The summed E-state index contributed by atoms with van der Waals surface area (Å²) in [5.74, 6) is -0.374. The fourth-order valence-electron chi connectivity index (χ4n) is 2.31. The van der Waals surface area contributed by atoms with E-state index in [0.717, 1.165) is 6.26 Å². The Kier molecular flexibility index (Phi) is 4.25. The Morgan fingerprint density at radius 2 is 1.88 bits per heavy atom. The van der Waals surface area contributed by atoms with E-state index < -0.39 is 9.84 Å². The number of hydrogen-bond acceptors (Lipinski definition) is 5. The second-order valence-electron chi connectivity index (χ2n) is 5.40. The van der Waals surface area contributed by atoms with E-state index in [2.05, 4.69) is 27.6 Å². The van der Waals surface area contributed by atoms with Gasteiger partial charge in [0.05, 0.1) is 23.2 Å². The molecule has 1 aromatic heterocycles. The maximum Gasteiger partial charge on any atom is 0.272 e. The molecule has 8 heteroatoms. The summed E-state index contributed by atoms with van der Waals surface area (Å²) in [6.45, 7) is 0. The first-order chi connectivity index (χ1) is 11.8. The molecule has 126 valence electrons. The summed E-state index contributed by atoms with van der Waals surface area (Å²) in [6.07, 6.45) is 1.01. The zero-order chi connectivity index (χ0) is 18.0. The van der Waals surface area contributed by atoms with Crippen LogP contribution >= 0.6 is 0 Å². The molecule has 0 bridgehead atoms. The minimum absolute atomic E-state index is 0.00112. The quantitative estimate of drug-likeness (QED) is 0.729. The van der Waals surface area contributed by atoms with E-state index >= 15 is 0 Å². The number of anilines is 1. The van der Waals surface area contributed by atoms with Crippen molar-refractivity contribution in [2.75, 3.05) is 11.6 Å². The van der Waals surface area contributed by atoms with Crippen LogP contribution in [0.25, 0.3) is 10.8 Å². The number of nitrogens with one attached hydrogen (secondary N) is 2. The highest BCUT2D eigenvalue weighted by atomic mass is 32.2. The molecular formula is C17H13N3O4S. The number of benzene rings is 1. The van der Waals surface area contributed by atoms with Crippen LogP contribution in [-0.4, -0.2) is 30.8 Å². The van der Waals surface area contributed by atoms with Gasteiger partial charge in [0, 0.05) is 11.6 Å². The number of sulfone groups is 1. The fraction of sp³-hybridized carbons (Fsp3) is 0.118. The highest BCUT2D eigenvalue weighted by Crippen LogP contribution is 2.14. The Morgan fingerprint density at radius 3 is 2.52 bits per heavy atom. The number of fused-ring (bicyclic) bond motifs is 1. The second-order valence-corrected chi connectivity index (χ2v) is 7.39. The fourth-order valence-corrected chi connectivity index (χ4v) is 2.86. The zero-order valence-corrected chi connectivity index (χ0v) is 14.0. The predicted molar refractivity (Wildman–Crippen MR) is 91.9 cm³/mol. The Bertz CT molecular complexity index is 1100. The van der Waals surface area contributed by atoms with Crippen molar-refractivity contribution in [1.29, 1.82) is 0 Å². The topological polar surface area (TPSA) is 109 Å². The first kappa shape index (κ1) is 16.7. The van der Waals surface area contributed by atoms with Crippen LogP contribution in [0, 0.1) is 12.1 Å². The molecule has 1 heterocycles. The Morgan fingerprint density at radius 1 is 1.16 bits per heavy atom. The summed E-state index contributed by atoms with van der Waals surface area (Å²) < 4.78 is 22.8. The van der Waals surface area contributed by atoms with Gasteiger partial charge in [0.15, 0.2) is 9.84 Å². The van der Waals surface area contributed by atoms with Crippen LogP contribution in [-0.2, 0) is 21.1 Å². The number of aromatic nitrogens is 2. The molecule has 0 atom stereocenters. The molecular weight excluding hydrogens is 342 g/mol. The molecule has 0 saturated carbocycles. The van der Waals surface area contributed by atoms with Crippen molar-refractivity contribution < 1.29 is 13.2 Å². The van der Waals surface area contributed by atoms with E-state index in [0.29, 0.717) is 22.2 Å². The third kappa shape index (κ3) is 3.67. The van der Waals surface area contributed by atoms with Crippen molar-refractivity contribution in [2.45, 2.75) is 11.3 Å². The first-order valence-electron chi connectivity index (χ1n) is 7.25. The zero-order valence-electron chi connectivity index (χ0n) is 13.2. The molecule has 0 aliphatic heterocycles. The lowest BCUT2D eigenvalue weighted by molar-refractivity contribution is -0.115. The predicted octanol–water partition coefficient (Wildman–Crippen LogP) is 1.11. The summed E-state index contributed by atoms with van der Waals surface area (Å²) in [6, 6.07) is 14.7. The summed E-state index contributed by atoms with van der Waals surface area (Å²) >= 11 is 0. The monoisotopic (exact) mass is 355 g/mol. The summed E-state index contributed by atoms with van der Waals surface area (Å²) in [5, 5.41) is 9.96. The SMILES string of the molecule is CS(=O)(=O)c1c#cc(NC(=O)Cc2n[nH]c(=O)c3ccccc23)cc1. The van der Waals surface area contributed by atoms with Crippen molar-refractivity contribution >= 4 is 32.2 Å². The molecule has 0 saturated heterocycles. The normalized spacial score (nSPS) is 11.1. The molecule has 0 radical (unpaired) electrons. The van der Waals surface area contributed by atoms with Crippen molar-refractivity contribution in [1.82, 2.24) is 10.2 Å². The van der Waals surface area contributed by atoms with E-state index in [1.165, 1.54) is 12.1 Å². The summed E-state index contributed by atoms with van der Waals surface area (Å²) in [4.78, 5) is 23.9. The number of carbonyl (C=O) groups is 1. The van der Waals surface area contributed by atoms with E-state index in [-0.39, 0.29) is 22.8 Å². The van der Waals surface area contributed by atoms with Crippen LogP contribution in [0.3, 0.4) is 0 Å². The second kappa shape index (κ2) is 6.37. The minimum atomic E-state index is -3.37. The Balaban J connectivity index is 1.80. The van der Waals surface area contributed by atoms with Crippen molar-refractivity contribution in [2.24, 2.45) is 0 Å². The van der Waals surface area contributed by atoms with Gasteiger partial charge in [-0.3, -0.25) is 9.59 Å². The van der Waals surface area contributed by atoms with Crippen LogP contribution in [0.15, 0.2) is 46.1 Å². The highest BCUT2D eigenvalue weighted by Gasteiger charge is 2.11. The molecule has 1 amide bonds. The molecule has 3 aromatic rings. The molecule has 0 unspecified atom stereocenters. The average Bonchev–Trinajstić information content (AvgIpc) is 2.57.